The number of halogens is 3. The lowest BCUT2D eigenvalue weighted by molar-refractivity contribution is -0.116. The predicted octanol–water partition coefficient (Wildman–Crippen LogP) is 2.96. The van der Waals surface area contributed by atoms with Crippen molar-refractivity contribution >= 4 is 11.6 Å². The Balaban J connectivity index is 1.86. The van der Waals surface area contributed by atoms with Crippen molar-refractivity contribution in [3.63, 3.8) is 0 Å². The molecule has 1 aromatic carbocycles. The van der Waals surface area contributed by atoms with Gasteiger partial charge in [-0.15, -0.1) is 0 Å². The van der Waals surface area contributed by atoms with Gasteiger partial charge in [0.05, 0.1) is 5.69 Å². The molecule has 1 aromatic rings. The lowest BCUT2D eigenvalue weighted by Gasteiger charge is -2.23. The Kier molecular flexibility index (Phi) is 5.00. The first kappa shape index (κ1) is 14.8. The molecular weight excluding hydrogens is 269 g/mol. The number of anilines is 1. The zero-order valence-corrected chi connectivity index (χ0v) is 11.0. The van der Waals surface area contributed by atoms with Crippen LogP contribution in [0.1, 0.15) is 32.1 Å². The summed E-state index contributed by atoms with van der Waals surface area (Å²) in [6.07, 6.45) is 4.17. The average molecular weight is 286 g/mol. The second kappa shape index (κ2) is 6.74. The van der Waals surface area contributed by atoms with E-state index in [1.54, 1.807) is 0 Å². The monoisotopic (exact) mass is 286 g/mol. The summed E-state index contributed by atoms with van der Waals surface area (Å²) in [6, 6.07) is 2.10. The van der Waals surface area contributed by atoms with Crippen LogP contribution in [0.25, 0.3) is 0 Å². The van der Waals surface area contributed by atoms with E-state index < -0.39 is 23.4 Å². The van der Waals surface area contributed by atoms with Crippen LogP contribution in [0.2, 0.25) is 0 Å². The van der Waals surface area contributed by atoms with E-state index in [9.17, 15) is 18.0 Å². The zero-order valence-electron chi connectivity index (χ0n) is 11.0. The van der Waals surface area contributed by atoms with Crippen LogP contribution in [-0.4, -0.2) is 18.5 Å². The van der Waals surface area contributed by atoms with Gasteiger partial charge in [-0.05, 0) is 37.9 Å². The summed E-state index contributed by atoms with van der Waals surface area (Å²) in [5, 5.41) is 5.57. The van der Waals surface area contributed by atoms with Gasteiger partial charge in [-0.2, -0.15) is 0 Å². The summed E-state index contributed by atoms with van der Waals surface area (Å²) in [7, 11) is 0. The molecule has 1 atom stereocenters. The second-order valence-corrected chi connectivity index (χ2v) is 4.96. The molecule has 0 saturated carbocycles. The van der Waals surface area contributed by atoms with E-state index in [0.717, 1.165) is 37.9 Å². The number of rotatable bonds is 4. The molecule has 1 unspecified atom stereocenters. The minimum atomic E-state index is -1.57. The molecule has 1 heterocycles. The van der Waals surface area contributed by atoms with Crippen molar-refractivity contribution in [1.82, 2.24) is 5.32 Å². The van der Waals surface area contributed by atoms with E-state index in [1.165, 1.54) is 0 Å². The number of nitrogens with one attached hydrogen (secondary N) is 2. The number of hydrogen-bond acceptors (Lipinski definition) is 2. The Hall–Kier alpha value is -1.56. The standard InChI is InChI=1S/C14H17F3N2O/c15-10-5-6-11(14(17)13(10)16)19-12(20)7-4-9-3-1-2-8-18-9/h5-6,9,18H,1-4,7-8H2,(H,19,20). The Labute approximate surface area is 115 Å². The van der Waals surface area contributed by atoms with Crippen molar-refractivity contribution in [1.29, 1.82) is 0 Å². The first-order valence-electron chi connectivity index (χ1n) is 6.74. The van der Waals surface area contributed by atoms with Crippen LogP contribution >= 0.6 is 0 Å². The fourth-order valence-corrected chi connectivity index (χ4v) is 2.31. The van der Waals surface area contributed by atoms with Gasteiger partial charge in [0.2, 0.25) is 5.91 Å². The van der Waals surface area contributed by atoms with Crippen molar-refractivity contribution in [2.75, 3.05) is 11.9 Å². The highest BCUT2D eigenvalue weighted by Crippen LogP contribution is 2.20. The molecule has 0 aliphatic carbocycles. The topological polar surface area (TPSA) is 41.1 Å². The summed E-state index contributed by atoms with van der Waals surface area (Å²) >= 11 is 0. The molecule has 1 saturated heterocycles. The maximum absolute atomic E-state index is 13.4. The van der Waals surface area contributed by atoms with E-state index >= 15 is 0 Å². The smallest absolute Gasteiger partial charge is 0.224 e. The first-order chi connectivity index (χ1) is 9.58. The summed E-state index contributed by atoms with van der Waals surface area (Å²) in [5.41, 5.74) is -0.328. The van der Waals surface area contributed by atoms with Crippen molar-refractivity contribution in [2.24, 2.45) is 0 Å². The number of carbonyl (C=O) groups excluding carboxylic acids is 1. The second-order valence-electron chi connectivity index (χ2n) is 4.96. The van der Waals surface area contributed by atoms with Gasteiger partial charge in [0, 0.05) is 12.5 Å². The SMILES string of the molecule is O=C(CCC1CCCCN1)Nc1ccc(F)c(F)c1F. The van der Waals surface area contributed by atoms with Gasteiger partial charge in [-0.3, -0.25) is 4.79 Å². The van der Waals surface area contributed by atoms with Crippen molar-refractivity contribution in [3.05, 3.63) is 29.6 Å². The van der Waals surface area contributed by atoms with Gasteiger partial charge in [0.25, 0.3) is 0 Å². The molecule has 20 heavy (non-hydrogen) atoms. The van der Waals surface area contributed by atoms with Gasteiger partial charge in [-0.1, -0.05) is 6.42 Å². The highest BCUT2D eigenvalue weighted by molar-refractivity contribution is 5.90. The molecule has 0 bridgehead atoms. The number of benzene rings is 1. The van der Waals surface area contributed by atoms with Crippen LogP contribution < -0.4 is 10.6 Å². The molecule has 6 heteroatoms. The highest BCUT2D eigenvalue weighted by Gasteiger charge is 2.17. The van der Waals surface area contributed by atoms with E-state index in [0.29, 0.717) is 12.5 Å². The van der Waals surface area contributed by atoms with Crippen LogP contribution in [0.3, 0.4) is 0 Å². The van der Waals surface area contributed by atoms with Gasteiger partial charge in [0.1, 0.15) is 0 Å². The quantitative estimate of drug-likeness (QED) is 0.836. The molecule has 1 amide bonds. The molecule has 2 rings (SSSR count). The van der Waals surface area contributed by atoms with Crippen molar-refractivity contribution < 1.29 is 18.0 Å². The Morgan fingerprint density at radius 2 is 2.05 bits per heavy atom. The summed E-state index contributed by atoms with van der Waals surface area (Å²) < 4.78 is 39.1. The van der Waals surface area contributed by atoms with Gasteiger partial charge < -0.3 is 10.6 Å². The lowest BCUT2D eigenvalue weighted by Crippen LogP contribution is -2.34. The van der Waals surface area contributed by atoms with Crippen LogP contribution in [0.4, 0.5) is 18.9 Å². The Morgan fingerprint density at radius 1 is 1.25 bits per heavy atom. The van der Waals surface area contributed by atoms with Crippen molar-refractivity contribution in [3.8, 4) is 0 Å². The maximum atomic E-state index is 13.4. The molecule has 2 N–H and O–H groups in total. The van der Waals surface area contributed by atoms with Gasteiger partial charge >= 0.3 is 0 Å². The molecule has 1 aliphatic heterocycles. The molecule has 1 fully saturated rings. The Morgan fingerprint density at radius 3 is 2.75 bits per heavy atom. The Bertz CT molecular complexity index is 488. The largest absolute Gasteiger partial charge is 0.324 e. The number of hydrogen-bond donors (Lipinski definition) is 2. The maximum Gasteiger partial charge on any atom is 0.224 e. The average Bonchev–Trinajstić information content (AvgIpc) is 2.47. The third kappa shape index (κ3) is 3.72. The van der Waals surface area contributed by atoms with E-state index in [2.05, 4.69) is 10.6 Å². The molecule has 0 spiro atoms. The molecule has 1 aliphatic rings. The van der Waals surface area contributed by atoms with Gasteiger partial charge in [-0.25, -0.2) is 13.2 Å². The van der Waals surface area contributed by atoms with Crippen LogP contribution in [0.5, 0.6) is 0 Å². The fraction of sp³-hybridized carbons (Fsp3) is 0.500. The first-order valence-corrected chi connectivity index (χ1v) is 6.74. The summed E-state index contributed by atoms with van der Waals surface area (Å²) in [4.78, 5) is 11.7. The third-order valence-electron chi connectivity index (χ3n) is 3.44. The molecule has 3 nitrogen and oxygen atoms in total. The fourth-order valence-electron chi connectivity index (χ4n) is 2.31. The molecular formula is C14H17F3N2O. The normalized spacial score (nSPS) is 18.9. The summed E-state index contributed by atoms with van der Waals surface area (Å²) in [6.45, 7) is 0.948. The van der Waals surface area contributed by atoms with Crippen LogP contribution in [0.15, 0.2) is 12.1 Å². The van der Waals surface area contributed by atoms with E-state index in [4.69, 9.17) is 0 Å². The minimum absolute atomic E-state index is 0.218. The van der Waals surface area contributed by atoms with E-state index in [-0.39, 0.29) is 12.1 Å². The minimum Gasteiger partial charge on any atom is -0.324 e. The number of amides is 1. The van der Waals surface area contributed by atoms with Crippen molar-refractivity contribution in [2.45, 2.75) is 38.1 Å². The van der Waals surface area contributed by atoms with Crippen LogP contribution in [0, 0.1) is 17.5 Å². The number of piperidine rings is 1. The van der Waals surface area contributed by atoms with E-state index in [1.807, 2.05) is 0 Å². The summed E-state index contributed by atoms with van der Waals surface area (Å²) in [5.74, 6) is -4.61. The number of carbonyl (C=O) groups is 1. The van der Waals surface area contributed by atoms with Gasteiger partial charge in [0.15, 0.2) is 17.5 Å². The molecule has 110 valence electrons. The van der Waals surface area contributed by atoms with Crippen LogP contribution in [-0.2, 0) is 4.79 Å². The molecule has 0 aromatic heterocycles. The zero-order chi connectivity index (χ0) is 14.5. The molecule has 0 radical (unpaired) electrons. The lowest BCUT2D eigenvalue weighted by atomic mass is 10.0. The third-order valence-corrected chi connectivity index (χ3v) is 3.44. The predicted molar refractivity (Wildman–Crippen MR) is 69.8 cm³/mol. The highest BCUT2D eigenvalue weighted by atomic mass is 19.2.